The molecule has 1 aliphatic heterocycles. The van der Waals surface area contributed by atoms with E-state index in [9.17, 15) is 4.79 Å². The van der Waals surface area contributed by atoms with E-state index in [1.54, 1.807) is 7.11 Å². The fourth-order valence-electron chi connectivity index (χ4n) is 2.23. The molecule has 2 aromatic rings. The van der Waals surface area contributed by atoms with Crippen molar-refractivity contribution in [2.75, 3.05) is 24.3 Å². The van der Waals surface area contributed by atoms with E-state index < -0.39 is 0 Å². The van der Waals surface area contributed by atoms with Crippen molar-refractivity contribution in [2.45, 2.75) is 11.7 Å². The van der Waals surface area contributed by atoms with Crippen LogP contribution in [0.15, 0.2) is 29.4 Å². The molecule has 1 aromatic carbocycles. The number of amides is 1. The second-order valence-electron chi connectivity index (χ2n) is 4.54. The highest BCUT2D eigenvalue weighted by molar-refractivity contribution is 7.99. The summed E-state index contributed by atoms with van der Waals surface area (Å²) in [5, 5.41) is 9.05. The van der Waals surface area contributed by atoms with Gasteiger partial charge in [-0.3, -0.25) is 9.36 Å². The molecule has 2 heterocycles. The van der Waals surface area contributed by atoms with Crippen molar-refractivity contribution in [3.63, 3.8) is 0 Å². The molecule has 1 aliphatic rings. The lowest BCUT2D eigenvalue weighted by molar-refractivity contribution is -0.115. The van der Waals surface area contributed by atoms with Crippen molar-refractivity contribution in [3.8, 4) is 5.75 Å². The molecule has 21 heavy (non-hydrogen) atoms. The smallest absolute Gasteiger partial charge is 0.232 e. The molecule has 2 N–H and O–H groups in total. The molecule has 0 unspecified atom stereocenters. The average molecular weight is 305 g/mol. The van der Waals surface area contributed by atoms with Gasteiger partial charge in [0.15, 0.2) is 5.16 Å². The van der Waals surface area contributed by atoms with Gasteiger partial charge in [0.05, 0.1) is 12.9 Å². The molecule has 0 saturated heterocycles. The average Bonchev–Trinajstić information content (AvgIpc) is 3.07. The zero-order valence-electron chi connectivity index (χ0n) is 11.5. The first-order valence-corrected chi connectivity index (χ1v) is 7.43. The van der Waals surface area contributed by atoms with Crippen LogP contribution in [0, 0.1) is 0 Å². The van der Waals surface area contributed by atoms with Crippen molar-refractivity contribution >= 4 is 29.3 Å². The Hall–Kier alpha value is -2.22. The van der Waals surface area contributed by atoms with Gasteiger partial charge in [0.1, 0.15) is 5.75 Å². The summed E-state index contributed by atoms with van der Waals surface area (Å²) >= 11 is 1.31. The van der Waals surface area contributed by atoms with Crippen molar-refractivity contribution in [2.24, 2.45) is 5.73 Å². The van der Waals surface area contributed by atoms with Crippen molar-refractivity contribution in [1.29, 1.82) is 0 Å². The minimum absolute atomic E-state index is 0.209. The van der Waals surface area contributed by atoms with Gasteiger partial charge in [0.2, 0.25) is 11.9 Å². The number of nitrogens with zero attached hydrogens (tertiary/aromatic N) is 4. The van der Waals surface area contributed by atoms with Crippen LogP contribution in [0.4, 0.5) is 11.6 Å². The van der Waals surface area contributed by atoms with Gasteiger partial charge in [-0.25, -0.2) is 0 Å². The summed E-state index contributed by atoms with van der Waals surface area (Å²) in [7, 11) is 1.64. The number of aromatic nitrogens is 3. The van der Waals surface area contributed by atoms with Crippen LogP contribution in [0.2, 0.25) is 0 Å². The molecule has 0 spiro atoms. The Morgan fingerprint density at radius 2 is 2.10 bits per heavy atom. The Kier molecular flexibility index (Phi) is 3.70. The second-order valence-corrected chi connectivity index (χ2v) is 5.48. The fourth-order valence-corrected chi connectivity index (χ4v) is 2.92. The van der Waals surface area contributed by atoms with Gasteiger partial charge < -0.3 is 15.4 Å². The maximum atomic E-state index is 10.9. The predicted molar refractivity (Wildman–Crippen MR) is 79.9 cm³/mol. The molecule has 0 atom stereocenters. The highest BCUT2D eigenvalue weighted by Gasteiger charge is 2.26. The Bertz CT molecular complexity index is 655. The third-order valence-electron chi connectivity index (χ3n) is 3.21. The molecule has 1 amide bonds. The van der Waals surface area contributed by atoms with Crippen LogP contribution in [-0.2, 0) is 11.3 Å². The van der Waals surface area contributed by atoms with Gasteiger partial charge in [0.25, 0.3) is 0 Å². The van der Waals surface area contributed by atoms with Crippen LogP contribution in [0.3, 0.4) is 0 Å². The summed E-state index contributed by atoms with van der Waals surface area (Å²) < 4.78 is 7.16. The summed E-state index contributed by atoms with van der Waals surface area (Å²) in [6, 6.07) is 7.80. The lowest BCUT2D eigenvalue weighted by Crippen LogP contribution is -2.14. The molecular weight excluding hydrogens is 290 g/mol. The first-order chi connectivity index (χ1) is 10.2. The highest BCUT2D eigenvalue weighted by Crippen LogP contribution is 2.32. The maximum Gasteiger partial charge on any atom is 0.232 e. The van der Waals surface area contributed by atoms with E-state index >= 15 is 0 Å². The Balaban J connectivity index is 1.81. The van der Waals surface area contributed by atoms with Crippen LogP contribution in [0.5, 0.6) is 5.75 Å². The molecule has 1 aromatic heterocycles. The zero-order valence-corrected chi connectivity index (χ0v) is 12.3. The number of thioether (sulfide) groups is 1. The molecule has 3 rings (SSSR count). The number of rotatable bonds is 5. The van der Waals surface area contributed by atoms with Crippen molar-refractivity contribution in [3.05, 3.63) is 24.3 Å². The predicted octanol–water partition coefficient (Wildman–Crippen LogP) is 1.02. The third kappa shape index (κ3) is 2.66. The molecule has 0 aliphatic carbocycles. The second kappa shape index (κ2) is 5.65. The Labute approximate surface area is 126 Å². The first-order valence-electron chi connectivity index (χ1n) is 6.45. The SMILES string of the molecule is COc1ccc(N2CCn3c(SCC(N)=O)nnc32)cc1. The number of primary amides is 1. The standard InChI is InChI=1S/C13H15N5O2S/c1-20-10-4-2-9(3-5-10)17-6-7-18-12(17)15-16-13(18)21-8-11(14)19/h2-5H,6-8H2,1H3,(H2,14,19). The number of hydrogen-bond acceptors (Lipinski definition) is 6. The number of methoxy groups -OCH3 is 1. The quantitative estimate of drug-likeness (QED) is 0.830. The molecular formula is C13H15N5O2S. The number of carbonyl (C=O) groups is 1. The molecule has 8 heteroatoms. The number of hydrogen-bond donors (Lipinski definition) is 1. The number of anilines is 2. The fraction of sp³-hybridized carbons (Fsp3) is 0.308. The Morgan fingerprint density at radius 1 is 1.33 bits per heavy atom. The molecule has 0 radical (unpaired) electrons. The monoisotopic (exact) mass is 305 g/mol. The van der Waals surface area contributed by atoms with Crippen LogP contribution in [0.1, 0.15) is 0 Å². The third-order valence-corrected chi connectivity index (χ3v) is 4.20. The van der Waals surface area contributed by atoms with E-state index in [1.165, 1.54) is 11.8 Å². The first kappa shape index (κ1) is 13.7. The molecule has 0 fully saturated rings. The van der Waals surface area contributed by atoms with Gasteiger partial charge in [0, 0.05) is 18.8 Å². The van der Waals surface area contributed by atoms with Gasteiger partial charge in [-0.05, 0) is 24.3 Å². The normalized spacial score (nSPS) is 13.3. The van der Waals surface area contributed by atoms with E-state index in [0.29, 0.717) is 0 Å². The minimum atomic E-state index is -0.359. The van der Waals surface area contributed by atoms with E-state index in [0.717, 1.165) is 35.6 Å². The van der Waals surface area contributed by atoms with Gasteiger partial charge >= 0.3 is 0 Å². The largest absolute Gasteiger partial charge is 0.497 e. The number of nitrogens with two attached hydrogens (primary N) is 1. The highest BCUT2D eigenvalue weighted by atomic mass is 32.2. The lowest BCUT2D eigenvalue weighted by atomic mass is 10.3. The molecule has 110 valence electrons. The van der Waals surface area contributed by atoms with Gasteiger partial charge in [-0.2, -0.15) is 0 Å². The summed E-state index contributed by atoms with van der Waals surface area (Å²) in [6.45, 7) is 1.61. The number of fused-ring (bicyclic) bond motifs is 1. The van der Waals surface area contributed by atoms with E-state index in [1.807, 2.05) is 28.8 Å². The van der Waals surface area contributed by atoms with Crippen molar-refractivity contribution < 1.29 is 9.53 Å². The summed E-state index contributed by atoms with van der Waals surface area (Å²) in [4.78, 5) is 12.9. The maximum absolute atomic E-state index is 10.9. The zero-order chi connectivity index (χ0) is 14.8. The van der Waals surface area contributed by atoms with Crippen LogP contribution >= 0.6 is 11.8 Å². The van der Waals surface area contributed by atoms with Crippen LogP contribution < -0.4 is 15.4 Å². The van der Waals surface area contributed by atoms with Gasteiger partial charge in [-0.1, -0.05) is 11.8 Å². The van der Waals surface area contributed by atoms with E-state index in [2.05, 4.69) is 15.1 Å². The summed E-state index contributed by atoms with van der Waals surface area (Å²) in [6.07, 6.45) is 0. The summed E-state index contributed by atoms with van der Waals surface area (Å²) in [5.74, 6) is 1.45. The van der Waals surface area contributed by atoms with E-state index in [-0.39, 0.29) is 11.7 Å². The van der Waals surface area contributed by atoms with Gasteiger partial charge in [-0.15, -0.1) is 10.2 Å². The van der Waals surface area contributed by atoms with Crippen molar-refractivity contribution in [1.82, 2.24) is 14.8 Å². The van der Waals surface area contributed by atoms with E-state index in [4.69, 9.17) is 10.5 Å². The topological polar surface area (TPSA) is 86.3 Å². The number of benzene rings is 1. The van der Waals surface area contributed by atoms with Crippen LogP contribution in [0.25, 0.3) is 0 Å². The summed E-state index contributed by atoms with van der Waals surface area (Å²) in [5.41, 5.74) is 6.20. The number of carbonyl (C=O) groups excluding carboxylic acids is 1. The van der Waals surface area contributed by atoms with Crippen LogP contribution in [-0.4, -0.2) is 40.1 Å². The lowest BCUT2D eigenvalue weighted by Gasteiger charge is -2.15. The molecule has 7 nitrogen and oxygen atoms in total. The molecule has 0 bridgehead atoms. The Morgan fingerprint density at radius 3 is 2.76 bits per heavy atom. The molecule has 0 saturated carbocycles. The number of ether oxygens (including phenoxy) is 1. The minimum Gasteiger partial charge on any atom is -0.497 e.